The molecule has 1 N–H and O–H groups in total. The first-order valence-electron chi connectivity index (χ1n) is 14.3. The summed E-state index contributed by atoms with van der Waals surface area (Å²) in [7, 11) is 0. The second kappa shape index (κ2) is 9.60. The maximum atomic E-state index is 6.17. The van der Waals surface area contributed by atoms with E-state index in [1.54, 1.807) is 0 Å². The second-order valence-electron chi connectivity index (χ2n) is 11.3. The average molecular weight is 523 g/mol. The molecule has 3 heteroatoms. The summed E-state index contributed by atoms with van der Waals surface area (Å²) in [5, 5.41) is 5.89. The monoisotopic (exact) mass is 522 g/mol. The number of hydrogen-bond donors (Lipinski definition) is 1. The highest BCUT2D eigenvalue weighted by atomic mass is 16.3. The molecule has 1 heterocycles. The third kappa shape index (κ3) is 3.96. The number of furan rings is 1. The first-order chi connectivity index (χ1) is 19.5. The van der Waals surface area contributed by atoms with E-state index in [0.717, 1.165) is 57.7 Å². The van der Waals surface area contributed by atoms with Crippen LogP contribution in [0.1, 0.15) is 44.7 Å². The van der Waals surface area contributed by atoms with Gasteiger partial charge in [-0.1, -0.05) is 81.8 Å². The summed E-state index contributed by atoms with van der Waals surface area (Å²) in [5.41, 5.74) is 11.7. The van der Waals surface area contributed by atoms with Crippen LogP contribution in [0.2, 0.25) is 0 Å². The number of nitrogens with one attached hydrogen (secondary N) is 1. The van der Waals surface area contributed by atoms with Crippen LogP contribution < -0.4 is 10.2 Å². The molecular weight excluding hydrogens is 488 g/mol. The molecular formula is C37H34N2O. The molecule has 7 rings (SSSR count). The third-order valence-corrected chi connectivity index (χ3v) is 8.41. The van der Waals surface area contributed by atoms with Crippen molar-refractivity contribution in [1.29, 1.82) is 0 Å². The van der Waals surface area contributed by atoms with Crippen LogP contribution in [0.5, 0.6) is 0 Å². The molecule has 5 aromatic carbocycles. The molecule has 0 amide bonds. The lowest BCUT2D eigenvalue weighted by atomic mass is 9.82. The molecule has 1 aliphatic carbocycles. The van der Waals surface area contributed by atoms with Gasteiger partial charge < -0.3 is 14.6 Å². The molecule has 40 heavy (non-hydrogen) atoms. The van der Waals surface area contributed by atoms with E-state index in [1.165, 1.54) is 28.7 Å². The largest absolute Gasteiger partial charge is 0.456 e. The van der Waals surface area contributed by atoms with Crippen LogP contribution in [0.15, 0.2) is 114 Å². The van der Waals surface area contributed by atoms with Gasteiger partial charge in [0, 0.05) is 45.5 Å². The van der Waals surface area contributed by atoms with Gasteiger partial charge in [0.2, 0.25) is 0 Å². The zero-order chi connectivity index (χ0) is 27.3. The number of anilines is 4. The van der Waals surface area contributed by atoms with Gasteiger partial charge in [0.25, 0.3) is 0 Å². The van der Waals surface area contributed by atoms with Crippen molar-refractivity contribution in [2.75, 3.05) is 16.8 Å². The number of hydrogen-bond acceptors (Lipinski definition) is 3. The predicted octanol–water partition coefficient (Wildman–Crippen LogP) is 10.6. The van der Waals surface area contributed by atoms with Gasteiger partial charge in [0.05, 0.1) is 0 Å². The van der Waals surface area contributed by atoms with E-state index in [9.17, 15) is 0 Å². The summed E-state index contributed by atoms with van der Waals surface area (Å²) in [4.78, 5) is 2.38. The number of benzene rings is 5. The zero-order valence-electron chi connectivity index (χ0n) is 23.4. The summed E-state index contributed by atoms with van der Waals surface area (Å²) in [5.74, 6) is 0. The normalized spacial score (nSPS) is 13.4. The lowest BCUT2D eigenvalue weighted by Crippen LogP contribution is -2.16. The fourth-order valence-corrected chi connectivity index (χ4v) is 6.30. The predicted molar refractivity (Wildman–Crippen MR) is 169 cm³/mol. The topological polar surface area (TPSA) is 28.4 Å². The van der Waals surface area contributed by atoms with Crippen LogP contribution in [-0.2, 0) is 5.41 Å². The van der Waals surface area contributed by atoms with Gasteiger partial charge >= 0.3 is 0 Å². The van der Waals surface area contributed by atoms with Gasteiger partial charge in [-0.05, 0) is 83.3 Å². The average Bonchev–Trinajstić information content (AvgIpc) is 3.46. The van der Waals surface area contributed by atoms with Gasteiger partial charge in [-0.2, -0.15) is 0 Å². The lowest BCUT2D eigenvalue weighted by Gasteiger charge is -2.28. The Labute approximate surface area is 236 Å². The van der Waals surface area contributed by atoms with Gasteiger partial charge in [0.1, 0.15) is 11.2 Å². The summed E-state index contributed by atoms with van der Waals surface area (Å²) in [6.45, 7) is 7.88. The number of fused-ring (bicyclic) bond motifs is 6. The summed E-state index contributed by atoms with van der Waals surface area (Å²) in [6, 6.07) is 39.4. The number of nitrogens with zero attached hydrogens (tertiary/aromatic N) is 1. The quantitative estimate of drug-likeness (QED) is 0.211. The fraction of sp³-hybridized carbons (Fsp3) is 0.189. The molecule has 0 saturated carbocycles. The molecule has 0 radical (unpaired) electrons. The van der Waals surface area contributed by atoms with Crippen molar-refractivity contribution in [2.45, 2.75) is 39.0 Å². The number of para-hydroxylation sites is 1. The molecule has 0 fully saturated rings. The highest BCUT2D eigenvalue weighted by Gasteiger charge is 2.35. The lowest BCUT2D eigenvalue weighted by molar-refractivity contribution is 0.660. The summed E-state index contributed by atoms with van der Waals surface area (Å²) >= 11 is 0. The number of unbranched alkanes of at least 4 members (excludes halogenated alkanes) is 1. The molecule has 3 nitrogen and oxygen atoms in total. The van der Waals surface area contributed by atoms with Crippen molar-refractivity contribution in [3.63, 3.8) is 0 Å². The molecule has 198 valence electrons. The minimum Gasteiger partial charge on any atom is -0.456 e. The van der Waals surface area contributed by atoms with Crippen LogP contribution in [0.25, 0.3) is 33.1 Å². The Kier molecular flexibility index (Phi) is 5.89. The van der Waals surface area contributed by atoms with Crippen LogP contribution >= 0.6 is 0 Å². The highest BCUT2D eigenvalue weighted by Crippen LogP contribution is 2.50. The van der Waals surface area contributed by atoms with Crippen LogP contribution in [0, 0.1) is 0 Å². The van der Waals surface area contributed by atoms with E-state index in [4.69, 9.17) is 4.42 Å². The molecule has 0 unspecified atom stereocenters. The Morgan fingerprint density at radius 2 is 1.38 bits per heavy atom. The van der Waals surface area contributed by atoms with E-state index >= 15 is 0 Å². The van der Waals surface area contributed by atoms with E-state index in [1.807, 2.05) is 12.1 Å². The van der Waals surface area contributed by atoms with E-state index in [2.05, 4.69) is 128 Å². The molecule has 0 atom stereocenters. The highest BCUT2D eigenvalue weighted by molar-refractivity contribution is 6.06. The van der Waals surface area contributed by atoms with Crippen molar-refractivity contribution >= 4 is 44.7 Å². The molecule has 1 aromatic heterocycles. The van der Waals surface area contributed by atoms with Crippen LogP contribution in [0.4, 0.5) is 22.7 Å². The Bertz CT molecular complexity index is 1860. The van der Waals surface area contributed by atoms with Gasteiger partial charge in [0.15, 0.2) is 0 Å². The van der Waals surface area contributed by atoms with Gasteiger partial charge in [-0.3, -0.25) is 0 Å². The Morgan fingerprint density at radius 1 is 0.650 bits per heavy atom. The zero-order valence-corrected chi connectivity index (χ0v) is 23.4. The van der Waals surface area contributed by atoms with Crippen molar-refractivity contribution in [1.82, 2.24) is 0 Å². The first kappa shape index (κ1) is 24.5. The minimum absolute atomic E-state index is 0.0676. The second-order valence-corrected chi connectivity index (χ2v) is 11.3. The maximum absolute atomic E-state index is 6.17. The van der Waals surface area contributed by atoms with Crippen molar-refractivity contribution in [2.24, 2.45) is 0 Å². The standard InChI is InChI=1S/C37H34N2O/c1-4-5-21-38-25-11-10-12-26(22-25)39(27-18-20-36-32(23-27)31-14-7-9-16-35(31)40-36)28-17-19-30-29-13-6-8-15-33(29)37(2,3)34(30)24-28/h6-20,22-24,38H,4-5,21H2,1-3H3. The smallest absolute Gasteiger partial charge is 0.135 e. The summed E-state index contributed by atoms with van der Waals surface area (Å²) in [6.07, 6.45) is 2.32. The summed E-state index contributed by atoms with van der Waals surface area (Å²) < 4.78 is 6.17. The minimum atomic E-state index is -0.0676. The molecule has 0 spiro atoms. The van der Waals surface area contributed by atoms with Gasteiger partial charge in [-0.25, -0.2) is 0 Å². The number of rotatable bonds is 7. The Morgan fingerprint density at radius 3 is 2.27 bits per heavy atom. The first-order valence-corrected chi connectivity index (χ1v) is 14.3. The third-order valence-electron chi connectivity index (χ3n) is 8.41. The van der Waals surface area contributed by atoms with Gasteiger partial charge in [-0.15, -0.1) is 0 Å². The molecule has 0 saturated heterocycles. The Balaban J connectivity index is 1.40. The van der Waals surface area contributed by atoms with E-state index in [-0.39, 0.29) is 5.41 Å². The van der Waals surface area contributed by atoms with Crippen molar-refractivity contribution in [3.8, 4) is 11.1 Å². The molecule has 1 aliphatic rings. The Hall–Kier alpha value is -4.50. The van der Waals surface area contributed by atoms with Crippen LogP contribution in [0.3, 0.4) is 0 Å². The van der Waals surface area contributed by atoms with Crippen molar-refractivity contribution in [3.05, 3.63) is 120 Å². The molecule has 6 aromatic rings. The fourth-order valence-electron chi connectivity index (χ4n) is 6.30. The van der Waals surface area contributed by atoms with E-state index < -0.39 is 0 Å². The van der Waals surface area contributed by atoms with Crippen molar-refractivity contribution < 1.29 is 4.42 Å². The maximum Gasteiger partial charge on any atom is 0.135 e. The molecule has 0 bridgehead atoms. The SMILES string of the molecule is CCCCNc1cccc(N(c2ccc3c(c2)C(C)(C)c2ccccc2-3)c2ccc3oc4ccccc4c3c2)c1. The van der Waals surface area contributed by atoms with Crippen LogP contribution in [-0.4, -0.2) is 6.54 Å². The molecule has 0 aliphatic heterocycles. The van der Waals surface area contributed by atoms with E-state index in [0.29, 0.717) is 0 Å².